The van der Waals surface area contributed by atoms with Crippen molar-refractivity contribution in [2.45, 2.75) is 25.4 Å². The van der Waals surface area contributed by atoms with Crippen LogP contribution in [-0.2, 0) is 0 Å². The predicted molar refractivity (Wildman–Crippen MR) is 84.0 cm³/mol. The van der Waals surface area contributed by atoms with Gasteiger partial charge in [-0.05, 0) is 34.0 Å². The molecule has 3 aromatic rings. The van der Waals surface area contributed by atoms with E-state index < -0.39 is 0 Å². The molecule has 0 aliphatic rings. The molecule has 0 saturated carbocycles. The molecule has 0 aliphatic heterocycles. The molecule has 5 nitrogen and oxygen atoms in total. The van der Waals surface area contributed by atoms with Crippen molar-refractivity contribution in [2.75, 3.05) is 0 Å². The van der Waals surface area contributed by atoms with Gasteiger partial charge >= 0.3 is 0 Å². The smallest absolute Gasteiger partial charge is 0.204 e. The summed E-state index contributed by atoms with van der Waals surface area (Å²) in [4.78, 5) is 1.64. The van der Waals surface area contributed by atoms with E-state index in [2.05, 4.69) is 33.8 Å². The number of hydrogen-bond acceptors (Lipinski definition) is 5. The van der Waals surface area contributed by atoms with Gasteiger partial charge in [-0.2, -0.15) is 16.1 Å². The number of thiophene rings is 1. The van der Waals surface area contributed by atoms with Crippen LogP contribution in [0, 0.1) is 0 Å². The first-order valence-corrected chi connectivity index (χ1v) is 7.86. The van der Waals surface area contributed by atoms with Crippen molar-refractivity contribution in [2.24, 2.45) is 5.73 Å². The first-order chi connectivity index (χ1) is 10.3. The van der Waals surface area contributed by atoms with Gasteiger partial charge in [0.15, 0.2) is 0 Å². The van der Waals surface area contributed by atoms with E-state index in [0.717, 1.165) is 17.5 Å². The molecule has 0 spiro atoms. The van der Waals surface area contributed by atoms with Gasteiger partial charge in [-0.25, -0.2) is 0 Å². The van der Waals surface area contributed by atoms with Gasteiger partial charge in [-0.15, -0.1) is 10.2 Å². The van der Waals surface area contributed by atoms with Crippen LogP contribution >= 0.6 is 11.3 Å². The Labute approximate surface area is 127 Å². The first-order valence-electron chi connectivity index (χ1n) is 6.92. The molecule has 2 atom stereocenters. The fourth-order valence-corrected chi connectivity index (χ4v) is 2.95. The zero-order valence-corrected chi connectivity index (χ0v) is 12.6. The molecule has 6 heteroatoms. The third kappa shape index (κ3) is 2.86. The third-order valence-corrected chi connectivity index (χ3v) is 4.17. The minimum atomic E-state index is -0.0776. The largest absolute Gasteiger partial charge is 0.325 e. The van der Waals surface area contributed by atoms with Crippen molar-refractivity contribution in [3.05, 3.63) is 52.7 Å². The van der Waals surface area contributed by atoms with Crippen LogP contribution in [0.15, 0.2) is 47.2 Å². The molecule has 0 saturated heterocycles. The maximum Gasteiger partial charge on any atom is 0.204 e. The van der Waals surface area contributed by atoms with Crippen molar-refractivity contribution >= 4 is 11.3 Å². The Hall–Kier alpha value is -2.05. The molecule has 2 unspecified atom stereocenters. The maximum atomic E-state index is 6.26. The minimum absolute atomic E-state index is 0.0441. The Morgan fingerprint density at radius 1 is 1.24 bits per heavy atom. The number of nitrogens with zero attached hydrogens (tertiary/aromatic N) is 4. The van der Waals surface area contributed by atoms with Gasteiger partial charge < -0.3 is 5.73 Å². The summed E-state index contributed by atoms with van der Waals surface area (Å²) in [5.74, 6) is 0.624. The van der Waals surface area contributed by atoms with E-state index in [9.17, 15) is 0 Å². The molecule has 0 fully saturated rings. The van der Waals surface area contributed by atoms with Crippen LogP contribution in [0.5, 0.6) is 0 Å². The second-order valence-electron chi connectivity index (χ2n) is 4.87. The van der Waals surface area contributed by atoms with E-state index in [1.807, 2.05) is 35.7 Å². The zero-order chi connectivity index (χ0) is 14.7. The summed E-state index contributed by atoms with van der Waals surface area (Å²) < 4.78 is 0. The lowest BCUT2D eigenvalue weighted by molar-refractivity contribution is 0.379. The van der Waals surface area contributed by atoms with Gasteiger partial charge in [0.2, 0.25) is 5.82 Å². The van der Waals surface area contributed by atoms with E-state index >= 15 is 0 Å². The Balaban J connectivity index is 1.96. The molecular weight excluding hydrogens is 282 g/mol. The van der Waals surface area contributed by atoms with E-state index in [-0.39, 0.29) is 12.1 Å². The molecule has 108 valence electrons. The van der Waals surface area contributed by atoms with Crippen LogP contribution in [0.1, 0.15) is 24.9 Å². The molecule has 0 amide bonds. The summed E-state index contributed by atoms with van der Waals surface area (Å²) in [5, 5.41) is 17.0. The second-order valence-corrected chi connectivity index (χ2v) is 5.65. The molecule has 2 heterocycles. The Kier molecular flexibility index (Phi) is 4.08. The number of nitrogens with two attached hydrogens (primary N) is 1. The van der Waals surface area contributed by atoms with Crippen LogP contribution in [-0.4, -0.2) is 26.2 Å². The molecule has 2 N–H and O–H groups in total. The fraction of sp³-hybridized carbons (Fsp3) is 0.267. The summed E-state index contributed by atoms with van der Waals surface area (Å²) in [6.07, 6.45) is 0.850. The van der Waals surface area contributed by atoms with Gasteiger partial charge in [-0.3, -0.25) is 0 Å². The van der Waals surface area contributed by atoms with Crippen LogP contribution in [0.4, 0.5) is 0 Å². The lowest BCUT2D eigenvalue weighted by Crippen LogP contribution is -2.33. The summed E-state index contributed by atoms with van der Waals surface area (Å²) in [7, 11) is 0. The lowest BCUT2D eigenvalue weighted by atomic mass is 10.0. The Morgan fingerprint density at radius 2 is 2.05 bits per heavy atom. The topological polar surface area (TPSA) is 69.6 Å². The Morgan fingerprint density at radius 3 is 2.71 bits per heavy atom. The van der Waals surface area contributed by atoms with Gasteiger partial charge in [0.25, 0.3) is 0 Å². The van der Waals surface area contributed by atoms with E-state index in [4.69, 9.17) is 5.73 Å². The fourth-order valence-electron chi connectivity index (χ4n) is 2.26. The van der Waals surface area contributed by atoms with E-state index in [1.54, 1.807) is 16.1 Å². The maximum absolute atomic E-state index is 6.26. The molecular formula is C15H17N5S. The van der Waals surface area contributed by atoms with Crippen LogP contribution in [0.2, 0.25) is 0 Å². The van der Waals surface area contributed by atoms with Gasteiger partial charge in [0.05, 0.1) is 0 Å². The third-order valence-electron chi connectivity index (χ3n) is 3.47. The second kappa shape index (κ2) is 6.15. The van der Waals surface area contributed by atoms with E-state index in [1.165, 1.54) is 0 Å². The van der Waals surface area contributed by atoms with E-state index in [0.29, 0.717) is 5.82 Å². The average Bonchev–Trinajstić information content (AvgIpc) is 3.20. The SMILES string of the molecule is CCC(N)C(c1ccsc1)n1nnc(-c2ccccc2)n1. The highest BCUT2D eigenvalue weighted by Gasteiger charge is 2.24. The summed E-state index contributed by atoms with van der Waals surface area (Å²) in [6.45, 7) is 2.07. The monoisotopic (exact) mass is 299 g/mol. The number of rotatable bonds is 5. The normalized spacial score (nSPS) is 14.0. The number of aromatic nitrogens is 4. The standard InChI is InChI=1S/C15H17N5S/c1-2-13(16)14(12-8-9-21-10-12)20-18-15(17-19-20)11-6-4-3-5-7-11/h3-10,13-14H,2,16H2,1H3. The van der Waals surface area contributed by atoms with Crippen molar-refractivity contribution in [1.29, 1.82) is 0 Å². The molecule has 21 heavy (non-hydrogen) atoms. The van der Waals surface area contributed by atoms with Crippen LogP contribution in [0.25, 0.3) is 11.4 Å². The van der Waals surface area contributed by atoms with Gasteiger partial charge in [-0.1, -0.05) is 37.3 Å². The summed E-state index contributed by atoms with van der Waals surface area (Å²) in [5.41, 5.74) is 8.35. The first kappa shape index (κ1) is 13.9. The van der Waals surface area contributed by atoms with Crippen molar-refractivity contribution in [1.82, 2.24) is 20.2 Å². The molecule has 0 radical (unpaired) electrons. The zero-order valence-electron chi connectivity index (χ0n) is 11.8. The summed E-state index contributed by atoms with van der Waals surface area (Å²) >= 11 is 1.65. The van der Waals surface area contributed by atoms with Gasteiger partial charge in [0.1, 0.15) is 6.04 Å². The molecule has 0 aliphatic carbocycles. The van der Waals surface area contributed by atoms with Crippen molar-refractivity contribution in [3.63, 3.8) is 0 Å². The predicted octanol–water partition coefficient (Wildman–Crippen LogP) is 2.73. The quantitative estimate of drug-likeness (QED) is 0.786. The number of tetrazole rings is 1. The average molecular weight is 299 g/mol. The minimum Gasteiger partial charge on any atom is -0.325 e. The summed E-state index contributed by atoms with van der Waals surface area (Å²) in [6, 6.07) is 11.8. The number of benzene rings is 1. The molecule has 0 bridgehead atoms. The van der Waals surface area contributed by atoms with Crippen molar-refractivity contribution in [3.8, 4) is 11.4 Å². The molecule has 2 aromatic heterocycles. The lowest BCUT2D eigenvalue weighted by Gasteiger charge is -2.20. The van der Waals surface area contributed by atoms with Crippen LogP contribution < -0.4 is 5.73 Å². The molecule has 1 aromatic carbocycles. The highest BCUT2D eigenvalue weighted by molar-refractivity contribution is 7.07. The van der Waals surface area contributed by atoms with Gasteiger partial charge in [0, 0.05) is 11.6 Å². The van der Waals surface area contributed by atoms with Crippen LogP contribution in [0.3, 0.4) is 0 Å². The van der Waals surface area contributed by atoms with Crippen molar-refractivity contribution < 1.29 is 0 Å². The highest BCUT2D eigenvalue weighted by atomic mass is 32.1. The highest BCUT2D eigenvalue weighted by Crippen LogP contribution is 2.24. The Bertz CT molecular complexity index is 677. The number of hydrogen-bond donors (Lipinski definition) is 1. The molecule has 3 rings (SSSR count).